The molecule has 1 aromatic carbocycles. The molecule has 0 amide bonds. The zero-order valence-corrected chi connectivity index (χ0v) is 10.8. The number of nitro benzene ring substituents is 1. The first kappa shape index (κ1) is 14.0. The molecule has 3 rings (SSSR count). The quantitative estimate of drug-likeness (QED) is 0.474. The maximum Gasteiger partial charge on any atom is 0.279 e. The van der Waals surface area contributed by atoms with Gasteiger partial charge in [-0.1, -0.05) is 6.07 Å². The number of aliphatic hydroxyl groups excluding tert-OH is 3. The van der Waals surface area contributed by atoms with Gasteiger partial charge < -0.3 is 25.0 Å². The van der Waals surface area contributed by atoms with E-state index in [2.05, 4.69) is 4.98 Å². The summed E-state index contributed by atoms with van der Waals surface area (Å²) in [6.07, 6.45) is -2.85. The van der Waals surface area contributed by atoms with Crippen molar-refractivity contribution >= 4 is 16.6 Å². The molecule has 21 heavy (non-hydrogen) atoms. The zero-order valence-electron chi connectivity index (χ0n) is 10.8. The molecule has 1 aliphatic heterocycles. The van der Waals surface area contributed by atoms with Crippen LogP contribution in [0.3, 0.4) is 0 Å². The van der Waals surface area contributed by atoms with Crippen molar-refractivity contribution in [1.82, 2.24) is 4.98 Å². The predicted molar refractivity (Wildman–Crippen MR) is 71.7 cm³/mol. The van der Waals surface area contributed by atoms with Crippen LogP contribution in [-0.4, -0.2) is 50.1 Å². The monoisotopic (exact) mass is 294 g/mol. The lowest BCUT2D eigenvalue weighted by Crippen LogP contribution is -2.32. The molecule has 0 radical (unpaired) electrons. The molecule has 2 heterocycles. The van der Waals surface area contributed by atoms with E-state index in [4.69, 9.17) is 9.84 Å². The van der Waals surface area contributed by atoms with Crippen LogP contribution in [0.4, 0.5) is 5.69 Å². The summed E-state index contributed by atoms with van der Waals surface area (Å²) in [5.41, 5.74) is 0.818. The highest BCUT2D eigenvalue weighted by molar-refractivity contribution is 5.92. The van der Waals surface area contributed by atoms with Gasteiger partial charge in [-0.25, -0.2) is 0 Å². The Morgan fingerprint density at radius 1 is 1.33 bits per heavy atom. The standard InChI is InChI=1S/C13H14N2O6/c16-5-9-11(17)12(18)13(21-9)6-4-14-7-2-1-3-8(10(6)7)15(19)20/h1-4,9,11-14,16-18H,5H2/t9-,11-,12-,13?/m1/s1. The van der Waals surface area contributed by atoms with Crippen LogP contribution in [0.25, 0.3) is 10.9 Å². The summed E-state index contributed by atoms with van der Waals surface area (Å²) in [4.78, 5) is 13.5. The number of hydrogen-bond donors (Lipinski definition) is 4. The zero-order chi connectivity index (χ0) is 15.1. The summed E-state index contributed by atoms with van der Waals surface area (Å²) in [5.74, 6) is 0. The van der Waals surface area contributed by atoms with Crippen LogP contribution in [0, 0.1) is 10.1 Å². The van der Waals surface area contributed by atoms with Crippen molar-refractivity contribution < 1.29 is 25.0 Å². The third-order valence-electron chi connectivity index (χ3n) is 3.76. The van der Waals surface area contributed by atoms with Gasteiger partial charge in [0.1, 0.15) is 24.4 Å². The van der Waals surface area contributed by atoms with Crippen molar-refractivity contribution in [3.8, 4) is 0 Å². The molecule has 1 aromatic heterocycles. The van der Waals surface area contributed by atoms with E-state index in [-0.39, 0.29) is 5.69 Å². The van der Waals surface area contributed by atoms with Crippen molar-refractivity contribution in [3.05, 3.63) is 40.1 Å². The van der Waals surface area contributed by atoms with Crippen LogP contribution in [0.1, 0.15) is 11.7 Å². The number of benzene rings is 1. The van der Waals surface area contributed by atoms with Crippen molar-refractivity contribution in [2.24, 2.45) is 0 Å². The largest absolute Gasteiger partial charge is 0.394 e. The average Bonchev–Trinajstić information content (AvgIpc) is 3.01. The van der Waals surface area contributed by atoms with E-state index in [0.29, 0.717) is 16.5 Å². The van der Waals surface area contributed by atoms with Gasteiger partial charge in [0.2, 0.25) is 0 Å². The molecule has 1 saturated heterocycles. The Morgan fingerprint density at radius 3 is 2.71 bits per heavy atom. The van der Waals surface area contributed by atoms with E-state index in [1.165, 1.54) is 12.3 Å². The summed E-state index contributed by atoms with van der Waals surface area (Å²) in [6, 6.07) is 4.59. The number of ether oxygens (including phenoxy) is 1. The van der Waals surface area contributed by atoms with Gasteiger partial charge in [-0.2, -0.15) is 0 Å². The van der Waals surface area contributed by atoms with E-state index in [1.54, 1.807) is 12.1 Å². The maximum absolute atomic E-state index is 11.1. The van der Waals surface area contributed by atoms with Crippen molar-refractivity contribution in [2.45, 2.75) is 24.4 Å². The normalized spacial score (nSPS) is 29.1. The smallest absolute Gasteiger partial charge is 0.279 e. The number of aromatic amines is 1. The summed E-state index contributed by atoms with van der Waals surface area (Å²) >= 11 is 0. The number of fused-ring (bicyclic) bond motifs is 1. The molecule has 8 nitrogen and oxygen atoms in total. The first-order valence-electron chi connectivity index (χ1n) is 6.41. The van der Waals surface area contributed by atoms with Crippen LogP contribution in [-0.2, 0) is 4.74 Å². The number of aliphatic hydroxyl groups is 3. The fraction of sp³-hybridized carbons (Fsp3) is 0.385. The first-order chi connectivity index (χ1) is 10.0. The third kappa shape index (κ3) is 2.09. The van der Waals surface area contributed by atoms with Gasteiger partial charge in [0.25, 0.3) is 5.69 Å². The maximum atomic E-state index is 11.1. The SMILES string of the molecule is O=[N+]([O-])c1cccc2[nH]cc(C3O[C@H](CO)[C@@H](O)[C@H]3O)c12. The van der Waals surface area contributed by atoms with E-state index < -0.39 is 35.9 Å². The predicted octanol–water partition coefficient (Wildman–Crippen LogP) is 0.230. The van der Waals surface area contributed by atoms with Gasteiger partial charge in [0.05, 0.1) is 22.4 Å². The number of nitro groups is 1. The van der Waals surface area contributed by atoms with Crippen LogP contribution in [0.2, 0.25) is 0 Å². The lowest BCUT2D eigenvalue weighted by Gasteiger charge is -2.13. The molecule has 112 valence electrons. The van der Waals surface area contributed by atoms with E-state index >= 15 is 0 Å². The number of nitrogens with one attached hydrogen (secondary N) is 1. The fourth-order valence-corrected chi connectivity index (χ4v) is 2.72. The van der Waals surface area contributed by atoms with Gasteiger partial charge in [-0.05, 0) is 6.07 Å². The van der Waals surface area contributed by atoms with E-state index in [1.807, 2.05) is 0 Å². The highest BCUT2D eigenvalue weighted by Crippen LogP contribution is 2.39. The minimum absolute atomic E-state index is 0.110. The molecule has 0 saturated carbocycles. The molecule has 0 bridgehead atoms. The molecular weight excluding hydrogens is 280 g/mol. The Hall–Kier alpha value is -2.00. The van der Waals surface area contributed by atoms with Crippen molar-refractivity contribution in [1.29, 1.82) is 0 Å². The highest BCUT2D eigenvalue weighted by atomic mass is 16.6. The Morgan fingerprint density at radius 2 is 2.10 bits per heavy atom. The van der Waals surface area contributed by atoms with E-state index in [0.717, 1.165) is 0 Å². The second kappa shape index (κ2) is 5.08. The van der Waals surface area contributed by atoms with Crippen LogP contribution < -0.4 is 0 Å². The first-order valence-corrected chi connectivity index (χ1v) is 6.41. The lowest BCUT2D eigenvalue weighted by molar-refractivity contribution is -0.383. The van der Waals surface area contributed by atoms with Crippen molar-refractivity contribution in [3.63, 3.8) is 0 Å². The summed E-state index contributed by atoms with van der Waals surface area (Å²) < 4.78 is 5.43. The summed E-state index contributed by atoms with van der Waals surface area (Å²) in [6.45, 7) is -0.445. The minimum Gasteiger partial charge on any atom is -0.394 e. The molecular formula is C13H14N2O6. The molecule has 2 aromatic rings. The Bertz CT molecular complexity index is 684. The Balaban J connectivity index is 2.11. The van der Waals surface area contributed by atoms with Crippen LogP contribution >= 0.6 is 0 Å². The minimum atomic E-state index is -1.26. The topological polar surface area (TPSA) is 129 Å². The second-order valence-electron chi connectivity index (χ2n) is 4.96. The van der Waals surface area contributed by atoms with Gasteiger partial charge in [0.15, 0.2) is 0 Å². The van der Waals surface area contributed by atoms with Crippen LogP contribution in [0.5, 0.6) is 0 Å². The fourth-order valence-electron chi connectivity index (χ4n) is 2.72. The molecule has 0 spiro atoms. The average molecular weight is 294 g/mol. The molecule has 0 aliphatic carbocycles. The van der Waals surface area contributed by atoms with Crippen molar-refractivity contribution in [2.75, 3.05) is 6.61 Å². The van der Waals surface area contributed by atoms with Gasteiger partial charge in [-0.15, -0.1) is 0 Å². The lowest BCUT2D eigenvalue weighted by atomic mass is 10.0. The van der Waals surface area contributed by atoms with Crippen LogP contribution in [0.15, 0.2) is 24.4 Å². The number of nitrogens with zero attached hydrogens (tertiary/aromatic N) is 1. The summed E-state index contributed by atoms with van der Waals surface area (Å²) in [7, 11) is 0. The third-order valence-corrected chi connectivity index (χ3v) is 3.76. The molecule has 1 fully saturated rings. The number of non-ortho nitro benzene ring substituents is 1. The second-order valence-corrected chi connectivity index (χ2v) is 4.96. The van der Waals surface area contributed by atoms with Gasteiger partial charge >= 0.3 is 0 Å². The Labute approximate surface area is 118 Å². The number of aromatic nitrogens is 1. The highest BCUT2D eigenvalue weighted by Gasteiger charge is 2.44. The van der Waals surface area contributed by atoms with Gasteiger partial charge in [-0.3, -0.25) is 10.1 Å². The number of rotatable bonds is 3. The molecule has 4 N–H and O–H groups in total. The van der Waals surface area contributed by atoms with Gasteiger partial charge in [0, 0.05) is 17.8 Å². The number of H-pyrrole nitrogens is 1. The number of hydrogen-bond acceptors (Lipinski definition) is 6. The molecule has 4 atom stereocenters. The molecule has 8 heteroatoms. The molecule has 1 aliphatic rings. The molecule has 1 unspecified atom stereocenters. The summed E-state index contributed by atoms with van der Waals surface area (Å²) in [5, 5.41) is 40.4. The Kier molecular flexibility index (Phi) is 3.38. The van der Waals surface area contributed by atoms with E-state index in [9.17, 15) is 20.3 Å².